The number of carbonyl (C=O) groups excluding carboxylic acids is 1. The average Bonchev–Trinajstić information content (AvgIpc) is 3.29. The lowest BCUT2D eigenvalue weighted by Gasteiger charge is -2.42. The molecule has 0 radical (unpaired) electrons. The molecule has 0 bridgehead atoms. The summed E-state index contributed by atoms with van der Waals surface area (Å²) < 4.78 is 47.1. The van der Waals surface area contributed by atoms with Crippen LogP contribution in [-0.4, -0.2) is 92.7 Å². The van der Waals surface area contributed by atoms with E-state index in [0.29, 0.717) is 26.3 Å². The molecule has 2 aromatic rings. The van der Waals surface area contributed by atoms with Gasteiger partial charge in [-0.05, 0) is 0 Å². The van der Waals surface area contributed by atoms with Crippen molar-refractivity contribution in [2.75, 3.05) is 44.4 Å². The number of rotatable bonds is 3. The Morgan fingerprint density at radius 3 is 2.42 bits per heavy atom. The number of amides is 1. The van der Waals surface area contributed by atoms with Gasteiger partial charge in [0, 0.05) is 51.7 Å². The number of anilines is 1. The lowest BCUT2D eigenvalue weighted by atomic mass is 10.0. The van der Waals surface area contributed by atoms with Crippen LogP contribution in [-0.2, 0) is 39.7 Å². The molecular formula is C19H25F3N6O5. The number of carboxylic acid groups (broad SMARTS) is 1. The molecule has 0 aromatic carbocycles. The first-order chi connectivity index (χ1) is 15.5. The molecule has 1 spiro atoms. The van der Waals surface area contributed by atoms with E-state index >= 15 is 0 Å². The zero-order valence-corrected chi connectivity index (χ0v) is 18.2. The number of aryl methyl sites for hydroxylation is 2. The van der Waals surface area contributed by atoms with Crippen molar-refractivity contribution in [1.29, 1.82) is 0 Å². The lowest BCUT2D eigenvalue weighted by Crippen LogP contribution is -2.60. The molecule has 1 amide bonds. The first kappa shape index (κ1) is 24.7. The third-order valence-electron chi connectivity index (χ3n) is 5.09. The summed E-state index contributed by atoms with van der Waals surface area (Å²) in [5.74, 6) is -2.81. The summed E-state index contributed by atoms with van der Waals surface area (Å²) in [6, 6.07) is 0. The van der Waals surface area contributed by atoms with Crippen molar-refractivity contribution in [3.8, 4) is 0 Å². The molecule has 4 rings (SSSR count). The van der Waals surface area contributed by atoms with Gasteiger partial charge in [0.05, 0.1) is 37.8 Å². The van der Waals surface area contributed by atoms with Crippen LogP contribution in [0, 0.1) is 0 Å². The first-order valence-electron chi connectivity index (χ1n) is 9.98. The van der Waals surface area contributed by atoms with E-state index in [1.54, 1.807) is 20.5 Å². The average molecular weight is 474 g/mol. The summed E-state index contributed by atoms with van der Waals surface area (Å²) in [6.45, 7) is 3.93. The fraction of sp³-hybridized carbons (Fsp3) is 0.579. The fourth-order valence-corrected chi connectivity index (χ4v) is 3.61. The number of nitrogens with zero attached hydrogens (tertiary/aromatic N) is 6. The Balaban J connectivity index is 0.000000383. The monoisotopic (exact) mass is 474 g/mol. The lowest BCUT2D eigenvalue weighted by molar-refractivity contribution is -0.192. The van der Waals surface area contributed by atoms with Gasteiger partial charge in [-0.1, -0.05) is 0 Å². The molecule has 0 aliphatic carbocycles. The van der Waals surface area contributed by atoms with Gasteiger partial charge in [-0.3, -0.25) is 19.1 Å². The number of morpholine rings is 1. The van der Waals surface area contributed by atoms with Crippen molar-refractivity contribution >= 4 is 17.6 Å². The van der Waals surface area contributed by atoms with Gasteiger partial charge in [-0.25, -0.2) is 4.79 Å². The van der Waals surface area contributed by atoms with Gasteiger partial charge in [-0.15, -0.1) is 0 Å². The second-order valence-electron chi connectivity index (χ2n) is 7.91. The smallest absolute Gasteiger partial charge is 0.475 e. The van der Waals surface area contributed by atoms with Crippen molar-refractivity contribution in [1.82, 2.24) is 24.5 Å². The summed E-state index contributed by atoms with van der Waals surface area (Å²) in [4.78, 5) is 25.3. The number of ether oxygens (including phenoxy) is 2. The standard InChI is InChI=1S/C17H24N6O3.C2HF3O2/c1-20-7-14(5-18-20)8-22-3-4-25-13-17(11-22)12-23(16(24)10-26-17)15-6-19-21(2)9-15;3-2(4,5)1(6)7/h5-7,9H,3-4,8,10-13H2,1-2H3;(H,6,7). The predicted molar refractivity (Wildman–Crippen MR) is 107 cm³/mol. The highest BCUT2D eigenvalue weighted by Crippen LogP contribution is 2.27. The third kappa shape index (κ3) is 6.52. The van der Waals surface area contributed by atoms with Gasteiger partial charge in [0.15, 0.2) is 0 Å². The van der Waals surface area contributed by atoms with Gasteiger partial charge in [0.2, 0.25) is 0 Å². The zero-order chi connectivity index (χ0) is 24.2. The van der Waals surface area contributed by atoms with Crippen LogP contribution in [0.4, 0.5) is 18.9 Å². The maximum absolute atomic E-state index is 12.4. The van der Waals surface area contributed by atoms with Gasteiger partial charge >= 0.3 is 12.1 Å². The van der Waals surface area contributed by atoms with E-state index in [1.165, 1.54) is 0 Å². The molecule has 2 fully saturated rings. The number of carboxylic acids is 1. The van der Waals surface area contributed by atoms with E-state index in [9.17, 15) is 18.0 Å². The SMILES string of the molecule is Cn1cc(CN2CCOCC3(C2)CN(c2cnn(C)c2)C(=O)CO3)cn1.O=C(O)C(F)(F)F. The van der Waals surface area contributed by atoms with Crippen LogP contribution in [0.2, 0.25) is 0 Å². The molecule has 1 N–H and O–H groups in total. The minimum absolute atomic E-state index is 0.0494. The van der Waals surface area contributed by atoms with Crippen LogP contribution in [0.25, 0.3) is 0 Å². The molecule has 2 aliphatic heterocycles. The van der Waals surface area contributed by atoms with Gasteiger partial charge in [0.1, 0.15) is 12.2 Å². The van der Waals surface area contributed by atoms with Crippen LogP contribution in [0.5, 0.6) is 0 Å². The molecule has 2 aliphatic rings. The number of alkyl halides is 3. The Morgan fingerprint density at radius 1 is 1.18 bits per heavy atom. The molecule has 14 heteroatoms. The number of aliphatic carboxylic acids is 1. The second-order valence-corrected chi connectivity index (χ2v) is 7.91. The Bertz CT molecular complexity index is 977. The number of hydrogen-bond donors (Lipinski definition) is 1. The minimum Gasteiger partial charge on any atom is -0.475 e. The molecular weight excluding hydrogens is 449 g/mol. The van der Waals surface area contributed by atoms with Crippen molar-refractivity contribution < 1.29 is 37.3 Å². The van der Waals surface area contributed by atoms with Gasteiger partial charge in [-0.2, -0.15) is 23.4 Å². The Hall–Kier alpha value is -2.97. The molecule has 2 aromatic heterocycles. The topological polar surface area (TPSA) is 115 Å². The molecule has 33 heavy (non-hydrogen) atoms. The highest BCUT2D eigenvalue weighted by atomic mass is 19.4. The molecule has 2 saturated heterocycles. The van der Waals surface area contributed by atoms with E-state index in [2.05, 4.69) is 15.1 Å². The van der Waals surface area contributed by atoms with Crippen LogP contribution < -0.4 is 4.90 Å². The van der Waals surface area contributed by atoms with E-state index < -0.39 is 17.7 Å². The fourth-order valence-electron chi connectivity index (χ4n) is 3.61. The Labute approximate surface area is 187 Å². The number of halogens is 3. The molecule has 1 atom stereocenters. The normalized spacial score (nSPS) is 22.1. The summed E-state index contributed by atoms with van der Waals surface area (Å²) in [5, 5.41) is 15.5. The zero-order valence-electron chi connectivity index (χ0n) is 18.2. The van der Waals surface area contributed by atoms with Crippen LogP contribution in [0.15, 0.2) is 24.8 Å². The van der Waals surface area contributed by atoms with Crippen molar-refractivity contribution in [2.45, 2.75) is 18.3 Å². The quantitative estimate of drug-likeness (QED) is 0.681. The second kappa shape index (κ2) is 9.89. The summed E-state index contributed by atoms with van der Waals surface area (Å²) in [7, 11) is 3.76. The van der Waals surface area contributed by atoms with Crippen LogP contribution in [0.3, 0.4) is 0 Å². The van der Waals surface area contributed by atoms with E-state index in [1.807, 2.05) is 32.7 Å². The Morgan fingerprint density at radius 2 is 1.85 bits per heavy atom. The molecule has 0 saturated carbocycles. The number of carbonyl (C=O) groups is 2. The first-order valence-corrected chi connectivity index (χ1v) is 9.98. The van der Waals surface area contributed by atoms with Crippen molar-refractivity contribution in [3.05, 3.63) is 30.4 Å². The third-order valence-corrected chi connectivity index (χ3v) is 5.09. The summed E-state index contributed by atoms with van der Waals surface area (Å²) in [5.41, 5.74) is 1.41. The largest absolute Gasteiger partial charge is 0.490 e. The van der Waals surface area contributed by atoms with Crippen LogP contribution >= 0.6 is 0 Å². The maximum Gasteiger partial charge on any atom is 0.490 e. The summed E-state index contributed by atoms with van der Waals surface area (Å²) >= 11 is 0. The van der Waals surface area contributed by atoms with Gasteiger partial charge < -0.3 is 19.5 Å². The van der Waals surface area contributed by atoms with E-state index in [0.717, 1.165) is 24.3 Å². The maximum atomic E-state index is 12.4. The Kier molecular flexibility index (Phi) is 7.39. The molecule has 1 unspecified atom stereocenters. The molecule has 182 valence electrons. The van der Waals surface area contributed by atoms with Crippen molar-refractivity contribution in [2.24, 2.45) is 14.1 Å². The molecule has 11 nitrogen and oxygen atoms in total. The van der Waals surface area contributed by atoms with Gasteiger partial charge in [0.25, 0.3) is 5.91 Å². The van der Waals surface area contributed by atoms with Crippen LogP contribution in [0.1, 0.15) is 5.56 Å². The highest BCUT2D eigenvalue weighted by molar-refractivity contribution is 5.95. The van der Waals surface area contributed by atoms with E-state index in [-0.39, 0.29) is 12.5 Å². The molecule has 4 heterocycles. The number of hydrogen-bond acceptors (Lipinski definition) is 7. The number of aromatic nitrogens is 4. The van der Waals surface area contributed by atoms with E-state index in [4.69, 9.17) is 19.4 Å². The van der Waals surface area contributed by atoms with Crippen molar-refractivity contribution in [3.63, 3.8) is 0 Å². The minimum atomic E-state index is -5.08. The summed E-state index contributed by atoms with van der Waals surface area (Å²) in [6.07, 6.45) is 2.38. The highest BCUT2D eigenvalue weighted by Gasteiger charge is 2.43. The predicted octanol–water partition coefficient (Wildman–Crippen LogP) is 0.421.